The zero-order valence-electron chi connectivity index (χ0n) is 19.5. The van der Waals surface area contributed by atoms with Gasteiger partial charge in [0.1, 0.15) is 5.56 Å². The number of ether oxygens (including phenoxy) is 2. The number of methoxy groups -OCH3 is 2. The van der Waals surface area contributed by atoms with Crippen LogP contribution in [0.2, 0.25) is 0 Å². The molecule has 3 heterocycles. The van der Waals surface area contributed by atoms with E-state index in [0.29, 0.717) is 42.6 Å². The number of hydrogen-bond donors (Lipinski definition) is 0. The fourth-order valence-corrected chi connectivity index (χ4v) is 5.00. The van der Waals surface area contributed by atoms with Crippen LogP contribution in [0.5, 0.6) is 11.5 Å². The Labute approximate surface area is 189 Å². The van der Waals surface area contributed by atoms with E-state index in [2.05, 4.69) is 11.8 Å². The summed E-state index contributed by atoms with van der Waals surface area (Å²) in [6, 6.07) is 8.16. The Hall–Kier alpha value is -2.80. The molecule has 32 heavy (non-hydrogen) atoms. The Morgan fingerprint density at radius 2 is 1.91 bits per heavy atom. The quantitative estimate of drug-likeness (QED) is 0.693. The minimum atomic E-state index is -0.212. The van der Waals surface area contributed by atoms with E-state index in [1.807, 2.05) is 36.1 Å². The zero-order chi connectivity index (χ0) is 22.8. The van der Waals surface area contributed by atoms with Gasteiger partial charge in [-0.25, -0.2) is 0 Å². The molecular formula is C25H33N3O4. The minimum Gasteiger partial charge on any atom is -0.493 e. The lowest BCUT2D eigenvalue weighted by atomic mass is 10.0. The SMILES string of the molecule is COc1ccc(CCn2ccc(C)c(C(=O)N3C[C@H]4CCCN4C[C@H]3C)c2=O)cc1OC. The summed E-state index contributed by atoms with van der Waals surface area (Å²) in [6.07, 6.45) is 4.74. The molecular weight excluding hydrogens is 406 g/mol. The van der Waals surface area contributed by atoms with Crippen molar-refractivity contribution in [3.63, 3.8) is 0 Å². The molecule has 2 aromatic rings. The minimum absolute atomic E-state index is 0.107. The molecule has 1 aromatic carbocycles. The summed E-state index contributed by atoms with van der Waals surface area (Å²) in [5.41, 5.74) is 1.87. The van der Waals surface area contributed by atoms with E-state index in [-0.39, 0.29) is 17.5 Å². The van der Waals surface area contributed by atoms with E-state index in [1.165, 1.54) is 6.42 Å². The van der Waals surface area contributed by atoms with Crippen molar-refractivity contribution in [1.29, 1.82) is 0 Å². The summed E-state index contributed by atoms with van der Waals surface area (Å²) in [5, 5.41) is 0. The number of amides is 1. The Bertz CT molecular complexity index is 1050. The van der Waals surface area contributed by atoms with Crippen LogP contribution in [0.15, 0.2) is 35.3 Å². The maximum Gasteiger partial charge on any atom is 0.263 e. The summed E-state index contributed by atoms with van der Waals surface area (Å²) in [7, 11) is 3.21. The molecule has 2 atom stereocenters. The number of piperazine rings is 1. The molecule has 0 radical (unpaired) electrons. The number of aromatic nitrogens is 1. The van der Waals surface area contributed by atoms with Gasteiger partial charge in [-0.3, -0.25) is 14.5 Å². The molecule has 2 saturated heterocycles. The smallest absolute Gasteiger partial charge is 0.263 e. The molecule has 2 fully saturated rings. The second-order valence-electron chi connectivity index (χ2n) is 8.91. The maximum absolute atomic E-state index is 13.5. The van der Waals surface area contributed by atoms with Crippen molar-refractivity contribution in [3.05, 3.63) is 57.5 Å². The van der Waals surface area contributed by atoms with E-state index in [0.717, 1.165) is 30.6 Å². The van der Waals surface area contributed by atoms with Crippen LogP contribution in [0.1, 0.15) is 41.3 Å². The van der Waals surface area contributed by atoms with Gasteiger partial charge in [0, 0.05) is 37.9 Å². The van der Waals surface area contributed by atoms with Crippen LogP contribution in [0, 0.1) is 6.92 Å². The molecule has 4 rings (SSSR count). The number of hydrogen-bond acceptors (Lipinski definition) is 5. The number of aryl methyl sites for hydroxylation is 3. The van der Waals surface area contributed by atoms with Crippen LogP contribution in [-0.2, 0) is 13.0 Å². The van der Waals surface area contributed by atoms with Crippen molar-refractivity contribution in [2.45, 2.75) is 51.7 Å². The molecule has 7 nitrogen and oxygen atoms in total. The van der Waals surface area contributed by atoms with Crippen LogP contribution < -0.4 is 15.0 Å². The summed E-state index contributed by atoms with van der Waals surface area (Å²) < 4.78 is 12.3. The first kappa shape index (κ1) is 22.4. The first-order chi connectivity index (χ1) is 15.4. The summed E-state index contributed by atoms with van der Waals surface area (Å²) in [5.74, 6) is 1.21. The molecule has 0 bridgehead atoms. The second kappa shape index (κ2) is 9.36. The van der Waals surface area contributed by atoms with E-state index >= 15 is 0 Å². The second-order valence-corrected chi connectivity index (χ2v) is 8.91. The average molecular weight is 440 g/mol. The van der Waals surface area contributed by atoms with Gasteiger partial charge in [-0.2, -0.15) is 0 Å². The lowest BCUT2D eigenvalue weighted by Gasteiger charge is -2.42. The van der Waals surface area contributed by atoms with Gasteiger partial charge < -0.3 is 18.9 Å². The normalized spacial score (nSPS) is 20.8. The standard InChI is InChI=1S/C25H33N3O4/c1-17-9-12-26(13-10-19-7-8-21(31-3)22(14-19)32-4)24(29)23(17)25(30)28-16-20-6-5-11-27(20)15-18(28)2/h7-9,12,14,18,20H,5-6,10-11,13,15-16H2,1-4H3/t18-,20-/m1/s1. The molecule has 2 aliphatic heterocycles. The maximum atomic E-state index is 13.5. The molecule has 1 amide bonds. The van der Waals surface area contributed by atoms with Crippen LogP contribution in [-0.4, -0.2) is 66.2 Å². The Balaban J connectivity index is 1.54. The van der Waals surface area contributed by atoms with Gasteiger partial charge in [-0.05, 0) is 69.0 Å². The highest BCUT2D eigenvalue weighted by Gasteiger charge is 2.37. The number of rotatable bonds is 6. The number of carbonyl (C=O) groups is 1. The fraction of sp³-hybridized carbons (Fsp3) is 0.520. The van der Waals surface area contributed by atoms with Gasteiger partial charge in [0.05, 0.1) is 14.2 Å². The van der Waals surface area contributed by atoms with Crippen molar-refractivity contribution < 1.29 is 14.3 Å². The summed E-state index contributed by atoms with van der Waals surface area (Å²) >= 11 is 0. The van der Waals surface area contributed by atoms with Gasteiger partial charge in [0.15, 0.2) is 11.5 Å². The lowest BCUT2D eigenvalue weighted by molar-refractivity contribution is 0.0392. The number of benzene rings is 1. The largest absolute Gasteiger partial charge is 0.493 e. The van der Waals surface area contributed by atoms with Gasteiger partial charge in [0.25, 0.3) is 11.5 Å². The van der Waals surface area contributed by atoms with Gasteiger partial charge in [-0.1, -0.05) is 6.07 Å². The van der Waals surface area contributed by atoms with E-state index in [4.69, 9.17) is 9.47 Å². The molecule has 7 heteroatoms. The Kier molecular flexibility index (Phi) is 6.55. The topological polar surface area (TPSA) is 64.0 Å². The third-order valence-corrected chi connectivity index (χ3v) is 6.87. The first-order valence-corrected chi connectivity index (χ1v) is 11.4. The molecule has 0 spiro atoms. The van der Waals surface area contributed by atoms with E-state index in [1.54, 1.807) is 25.0 Å². The monoisotopic (exact) mass is 439 g/mol. The van der Waals surface area contributed by atoms with Crippen LogP contribution >= 0.6 is 0 Å². The van der Waals surface area contributed by atoms with Gasteiger partial charge >= 0.3 is 0 Å². The van der Waals surface area contributed by atoms with Gasteiger partial charge in [0.2, 0.25) is 0 Å². The highest BCUT2D eigenvalue weighted by molar-refractivity contribution is 5.95. The highest BCUT2D eigenvalue weighted by Crippen LogP contribution is 2.28. The van der Waals surface area contributed by atoms with E-state index in [9.17, 15) is 9.59 Å². The van der Waals surface area contributed by atoms with Crippen molar-refractivity contribution in [2.75, 3.05) is 33.9 Å². The molecule has 0 N–H and O–H groups in total. The molecule has 1 aromatic heterocycles. The molecule has 0 unspecified atom stereocenters. The summed E-state index contributed by atoms with van der Waals surface area (Å²) in [6.45, 7) is 7.13. The fourth-order valence-electron chi connectivity index (χ4n) is 5.00. The van der Waals surface area contributed by atoms with Crippen LogP contribution in [0.25, 0.3) is 0 Å². The zero-order valence-corrected chi connectivity index (χ0v) is 19.5. The van der Waals surface area contributed by atoms with Crippen LogP contribution in [0.3, 0.4) is 0 Å². The molecule has 0 aliphatic carbocycles. The predicted molar refractivity (Wildman–Crippen MR) is 124 cm³/mol. The molecule has 172 valence electrons. The van der Waals surface area contributed by atoms with Crippen molar-refractivity contribution in [2.24, 2.45) is 0 Å². The lowest BCUT2D eigenvalue weighted by Crippen LogP contribution is -2.57. The first-order valence-electron chi connectivity index (χ1n) is 11.4. The van der Waals surface area contributed by atoms with Crippen molar-refractivity contribution in [1.82, 2.24) is 14.4 Å². The third kappa shape index (κ3) is 4.26. The molecule has 0 saturated carbocycles. The Morgan fingerprint density at radius 3 is 2.66 bits per heavy atom. The predicted octanol–water partition coefficient (Wildman–Crippen LogP) is 2.73. The van der Waals surface area contributed by atoms with E-state index < -0.39 is 0 Å². The van der Waals surface area contributed by atoms with Gasteiger partial charge in [-0.15, -0.1) is 0 Å². The number of pyridine rings is 1. The third-order valence-electron chi connectivity index (χ3n) is 6.87. The van der Waals surface area contributed by atoms with Crippen molar-refractivity contribution >= 4 is 5.91 Å². The number of fused-ring (bicyclic) bond motifs is 1. The Morgan fingerprint density at radius 1 is 1.12 bits per heavy atom. The summed E-state index contributed by atoms with van der Waals surface area (Å²) in [4.78, 5) is 31.2. The molecule has 2 aliphatic rings. The number of nitrogens with zero attached hydrogens (tertiary/aromatic N) is 3. The van der Waals surface area contributed by atoms with Crippen LogP contribution in [0.4, 0.5) is 0 Å². The van der Waals surface area contributed by atoms with Crippen molar-refractivity contribution in [3.8, 4) is 11.5 Å². The average Bonchev–Trinajstić information content (AvgIpc) is 3.24. The number of carbonyl (C=O) groups excluding carboxylic acids is 1. The highest BCUT2D eigenvalue weighted by atomic mass is 16.5.